The van der Waals surface area contributed by atoms with Crippen molar-refractivity contribution in [2.75, 3.05) is 5.32 Å². The maximum atomic E-state index is 13.7. The first-order valence-electron chi connectivity index (χ1n) is 6.75. The second kappa shape index (κ2) is 5.66. The first kappa shape index (κ1) is 16.3. The smallest absolute Gasteiger partial charge is 0.238 e. The van der Waals surface area contributed by atoms with Gasteiger partial charge in [-0.3, -0.25) is 0 Å². The molecule has 2 aromatic heterocycles. The molecule has 0 aliphatic heterocycles. The Bertz CT molecular complexity index is 1230. The Kier molecular flexibility index (Phi) is 3.68. The quantitative estimate of drug-likeness (QED) is 0.550. The molecular weight excluding hydrogens is 390 g/mol. The molecule has 11 heteroatoms. The molecular formula is C14H8F2N4O2S3. The number of benzene rings is 2. The molecule has 0 aliphatic rings. The van der Waals surface area contributed by atoms with E-state index in [1.165, 1.54) is 29.5 Å². The highest BCUT2D eigenvalue weighted by Gasteiger charge is 2.14. The second-order valence-corrected chi connectivity index (χ2v) is 8.69. The van der Waals surface area contributed by atoms with Crippen LogP contribution >= 0.6 is 22.7 Å². The molecule has 25 heavy (non-hydrogen) atoms. The third-order valence-corrected chi connectivity index (χ3v) is 6.08. The van der Waals surface area contributed by atoms with Crippen molar-refractivity contribution in [3.63, 3.8) is 0 Å². The molecule has 0 radical (unpaired) electrons. The number of hydrogen-bond donors (Lipinski definition) is 2. The Hall–Kier alpha value is -2.21. The first-order chi connectivity index (χ1) is 11.8. The lowest BCUT2D eigenvalue weighted by Crippen LogP contribution is -2.11. The van der Waals surface area contributed by atoms with Gasteiger partial charge >= 0.3 is 0 Å². The van der Waals surface area contributed by atoms with Crippen molar-refractivity contribution < 1.29 is 17.2 Å². The molecule has 4 rings (SSSR count). The Balaban J connectivity index is 1.72. The summed E-state index contributed by atoms with van der Waals surface area (Å²) in [5, 5.41) is 8.84. The second-order valence-electron chi connectivity index (χ2n) is 5.07. The number of anilines is 2. The van der Waals surface area contributed by atoms with Crippen molar-refractivity contribution in [1.29, 1.82) is 0 Å². The number of hydrogen-bond acceptors (Lipinski definition) is 7. The number of nitrogens with two attached hydrogens (primary N) is 1. The minimum absolute atomic E-state index is 0.00673. The van der Waals surface area contributed by atoms with Crippen LogP contribution in [0.5, 0.6) is 0 Å². The van der Waals surface area contributed by atoms with E-state index in [9.17, 15) is 17.2 Å². The Morgan fingerprint density at radius 1 is 1.00 bits per heavy atom. The van der Waals surface area contributed by atoms with Crippen molar-refractivity contribution in [3.05, 3.63) is 42.0 Å². The van der Waals surface area contributed by atoms with Crippen LogP contribution in [0.2, 0.25) is 0 Å². The maximum absolute atomic E-state index is 13.7. The van der Waals surface area contributed by atoms with E-state index in [-0.39, 0.29) is 10.4 Å². The molecule has 0 saturated heterocycles. The van der Waals surface area contributed by atoms with Gasteiger partial charge in [-0.05, 0) is 24.3 Å². The minimum Gasteiger partial charge on any atom is -0.307 e. The fraction of sp³-hybridized carbons (Fsp3) is 0. The zero-order valence-corrected chi connectivity index (χ0v) is 14.6. The van der Waals surface area contributed by atoms with Crippen molar-refractivity contribution >= 4 is 63.4 Å². The molecule has 0 spiro atoms. The fourth-order valence-electron chi connectivity index (χ4n) is 2.24. The summed E-state index contributed by atoms with van der Waals surface area (Å²) in [5.74, 6) is -1.41. The van der Waals surface area contributed by atoms with Crippen LogP contribution < -0.4 is 10.5 Å². The Morgan fingerprint density at radius 3 is 2.48 bits per heavy atom. The predicted octanol–water partition coefficient (Wildman–Crippen LogP) is 3.58. The van der Waals surface area contributed by atoms with Crippen LogP contribution in [-0.2, 0) is 10.0 Å². The molecule has 0 aliphatic carbocycles. The van der Waals surface area contributed by atoms with E-state index < -0.39 is 21.7 Å². The molecule has 0 unspecified atom stereocenters. The van der Waals surface area contributed by atoms with Gasteiger partial charge in [-0.15, -0.1) is 0 Å². The number of rotatable bonds is 3. The summed E-state index contributed by atoms with van der Waals surface area (Å²) in [7, 11) is -3.80. The van der Waals surface area contributed by atoms with E-state index in [1.54, 1.807) is 6.07 Å². The van der Waals surface area contributed by atoms with Crippen LogP contribution in [-0.4, -0.2) is 18.4 Å². The van der Waals surface area contributed by atoms with Gasteiger partial charge in [-0.1, -0.05) is 22.7 Å². The minimum atomic E-state index is -3.80. The lowest BCUT2D eigenvalue weighted by molar-refractivity contribution is 0.591. The van der Waals surface area contributed by atoms with Crippen molar-refractivity contribution in [2.24, 2.45) is 5.14 Å². The highest BCUT2D eigenvalue weighted by Crippen LogP contribution is 2.34. The van der Waals surface area contributed by atoms with E-state index in [4.69, 9.17) is 5.14 Å². The standard InChI is InChI=1S/C14H8F2N4O2S3/c15-6-3-8(16)12-11(4-6)24-14(19-12)20-13-18-9-2-1-7(25(17,21)22)5-10(9)23-13/h1-5H,(H2,17,21,22)(H,18,19,20). The first-order valence-corrected chi connectivity index (χ1v) is 9.93. The molecule has 2 heterocycles. The van der Waals surface area contributed by atoms with Gasteiger partial charge in [0.2, 0.25) is 10.0 Å². The van der Waals surface area contributed by atoms with Crippen LogP contribution in [0.3, 0.4) is 0 Å². The van der Waals surface area contributed by atoms with Crippen LogP contribution in [0.25, 0.3) is 20.4 Å². The molecule has 128 valence electrons. The van der Waals surface area contributed by atoms with E-state index >= 15 is 0 Å². The van der Waals surface area contributed by atoms with Gasteiger partial charge in [0.15, 0.2) is 16.1 Å². The molecule has 3 N–H and O–H groups in total. The highest BCUT2D eigenvalue weighted by molar-refractivity contribution is 7.89. The summed E-state index contributed by atoms with van der Waals surface area (Å²) >= 11 is 2.28. The Morgan fingerprint density at radius 2 is 1.72 bits per heavy atom. The topological polar surface area (TPSA) is 98.0 Å². The van der Waals surface area contributed by atoms with Crippen LogP contribution in [0, 0.1) is 11.6 Å². The zero-order valence-electron chi connectivity index (χ0n) is 12.2. The molecule has 6 nitrogen and oxygen atoms in total. The number of fused-ring (bicyclic) bond motifs is 2. The molecule has 4 aromatic rings. The lowest BCUT2D eigenvalue weighted by atomic mass is 10.3. The fourth-order valence-corrected chi connectivity index (χ4v) is 4.72. The maximum Gasteiger partial charge on any atom is 0.238 e. The van der Waals surface area contributed by atoms with Gasteiger partial charge in [-0.2, -0.15) is 0 Å². The normalized spacial score (nSPS) is 12.1. The number of nitrogens with zero attached hydrogens (tertiary/aromatic N) is 2. The molecule has 0 amide bonds. The van der Waals surface area contributed by atoms with E-state index in [0.717, 1.165) is 17.4 Å². The summed E-state index contributed by atoms with van der Waals surface area (Å²) in [5.41, 5.74) is 0.657. The largest absolute Gasteiger partial charge is 0.307 e. The number of sulfonamides is 1. The summed E-state index contributed by atoms with van der Waals surface area (Å²) in [4.78, 5) is 8.40. The third kappa shape index (κ3) is 3.06. The lowest BCUT2D eigenvalue weighted by Gasteiger charge is -1.95. The van der Waals surface area contributed by atoms with Gasteiger partial charge in [0, 0.05) is 6.07 Å². The highest BCUT2D eigenvalue weighted by atomic mass is 32.2. The van der Waals surface area contributed by atoms with Crippen LogP contribution in [0.4, 0.5) is 19.0 Å². The van der Waals surface area contributed by atoms with Crippen LogP contribution in [0.1, 0.15) is 0 Å². The summed E-state index contributed by atoms with van der Waals surface area (Å²) < 4.78 is 50.8. The monoisotopic (exact) mass is 398 g/mol. The van der Waals surface area contributed by atoms with Crippen molar-refractivity contribution in [2.45, 2.75) is 4.90 Å². The van der Waals surface area contributed by atoms with Crippen LogP contribution in [0.15, 0.2) is 35.2 Å². The van der Waals surface area contributed by atoms with Gasteiger partial charge < -0.3 is 5.32 Å². The molecule has 0 saturated carbocycles. The van der Waals surface area contributed by atoms with Crippen molar-refractivity contribution in [3.8, 4) is 0 Å². The zero-order chi connectivity index (χ0) is 17.8. The number of halogens is 2. The average Bonchev–Trinajstić information content (AvgIpc) is 3.08. The molecule has 0 fully saturated rings. The van der Waals surface area contributed by atoms with Gasteiger partial charge in [0.05, 0.1) is 19.8 Å². The van der Waals surface area contributed by atoms with Crippen molar-refractivity contribution in [1.82, 2.24) is 9.97 Å². The van der Waals surface area contributed by atoms with E-state index in [0.29, 0.717) is 25.2 Å². The predicted molar refractivity (Wildman–Crippen MR) is 93.8 cm³/mol. The Labute approximate surface area is 148 Å². The molecule has 2 aromatic carbocycles. The summed E-state index contributed by atoms with van der Waals surface area (Å²) in [6, 6.07) is 6.33. The number of primary sulfonamides is 1. The summed E-state index contributed by atoms with van der Waals surface area (Å²) in [6.45, 7) is 0. The molecule has 0 bridgehead atoms. The summed E-state index contributed by atoms with van der Waals surface area (Å²) in [6.07, 6.45) is 0. The molecule has 0 atom stereocenters. The number of thiazole rings is 2. The number of aromatic nitrogens is 2. The van der Waals surface area contributed by atoms with Gasteiger partial charge in [-0.25, -0.2) is 32.3 Å². The van der Waals surface area contributed by atoms with Gasteiger partial charge in [0.25, 0.3) is 0 Å². The van der Waals surface area contributed by atoms with E-state index in [2.05, 4.69) is 15.3 Å². The third-order valence-electron chi connectivity index (χ3n) is 3.32. The SMILES string of the molecule is NS(=O)(=O)c1ccc2nc(Nc3nc4c(F)cc(F)cc4s3)sc2c1. The van der Waals surface area contributed by atoms with E-state index in [1.807, 2.05) is 0 Å². The average molecular weight is 398 g/mol. The van der Waals surface area contributed by atoms with Gasteiger partial charge in [0.1, 0.15) is 11.3 Å². The number of nitrogens with one attached hydrogen (secondary N) is 1.